The van der Waals surface area contributed by atoms with Crippen LogP contribution >= 0.6 is 0 Å². The van der Waals surface area contributed by atoms with Gasteiger partial charge < -0.3 is 4.74 Å². The highest BCUT2D eigenvalue weighted by atomic mass is 16.5. The van der Waals surface area contributed by atoms with E-state index in [9.17, 15) is 9.59 Å². The Morgan fingerprint density at radius 2 is 2.00 bits per heavy atom. The fraction of sp³-hybridized carbons (Fsp3) is 0.750. The average Bonchev–Trinajstić information content (AvgIpc) is 1.85. The fourth-order valence-corrected chi connectivity index (χ4v) is 0.518. The van der Waals surface area contributed by atoms with Gasteiger partial charge in [-0.2, -0.15) is 4.99 Å². The lowest BCUT2D eigenvalue weighted by atomic mass is 10.1. The summed E-state index contributed by atoms with van der Waals surface area (Å²) in [5.41, 5.74) is -1.12. The minimum absolute atomic E-state index is 0.196. The standard InChI is InChI=1S/C8H13NO3/c1-6(2)12-7(11)8(3,4)9-5-10/h6H,1-4H3. The van der Waals surface area contributed by atoms with Gasteiger partial charge in [0.25, 0.3) is 0 Å². The first-order valence-electron chi connectivity index (χ1n) is 3.70. The first kappa shape index (κ1) is 10.8. The van der Waals surface area contributed by atoms with Gasteiger partial charge in [0.05, 0.1) is 6.10 Å². The van der Waals surface area contributed by atoms with Crippen LogP contribution in [0.15, 0.2) is 4.99 Å². The lowest BCUT2D eigenvalue weighted by molar-refractivity contribution is -0.152. The molecule has 0 aromatic carbocycles. The predicted octanol–water partition coefficient (Wildman–Crippen LogP) is 1.05. The van der Waals surface area contributed by atoms with Crippen LogP contribution in [-0.4, -0.2) is 23.7 Å². The maximum Gasteiger partial charge on any atom is 0.334 e. The molecule has 0 aromatic heterocycles. The van der Waals surface area contributed by atoms with E-state index in [2.05, 4.69) is 4.99 Å². The Hall–Kier alpha value is -1.15. The monoisotopic (exact) mass is 171 g/mol. The molecule has 0 saturated carbocycles. The number of carbonyl (C=O) groups excluding carboxylic acids is 2. The summed E-state index contributed by atoms with van der Waals surface area (Å²) >= 11 is 0. The number of isocyanates is 1. The van der Waals surface area contributed by atoms with E-state index in [1.807, 2.05) is 0 Å². The van der Waals surface area contributed by atoms with E-state index in [-0.39, 0.29) is 6.10 Å². The third-order valence-corrected chi connectivity index (χ3v) is 1.17. The Labute approximate surface area is 71.6 Å². The van der Waals surface area contributed by atoms with Crippen molar-refractivity contribution in [1.29, 1.82) is 0 Å². The molecule has 0 aromatic rings. The number of aliphatic imine (C=N–C) groups is 1. The van der Waals surface area contributed by atoms with Crippen molar-refractivity contribution in [2.45, 2.75) is 39.3 Å². The zero-order valence-corrected chi connectivity index (χ0v) is 7.75. The summed E-state index contributed by atoms with van der Waals surface area (Å²) in [5, 5.41) is 0. The summed E-state index contributed by atoms with van der Waals surface area (Å²) in [4.78, 5) is 24.4. The van der Waals surface area contributed by atoms with Crippen LogP contribution in [0.3, 0.4) is 0 Å². The molecule has 0 aliphatic rings. The van der Waals surface area contributed by atoms with E-state index in [0.29, 0.717) is 0 Å². The molecule has 12 heavy (non-hydrogen) atoms. The molecule has 0 atom stereocenters. The maximum atomic E-state index is 11.2. The molecular formula is C8H13NO3. The van der Waals surface area contributed by atoms with E-state index in [4.69, 9.17) is 4.74 Å². The largest absolute Gasteiger partial charge is 0.461 e. The molecule has 0 fully saturated rings. The van der Waals surface area contributed by atoms with Crippen LogP contribution in [0.5, 0.6) is 0 Å². The summed E-state index contributed by atoms with van der Waals surface area (Å²) in [6.07, 6.45) is 1.14. The van der Waals surface area contributed by atoms with Crippen molar-refractivity contribution in [3.8, 4) is 0 Å². The maximum absolute atomic E-state index is 11.2. The van der Waals surface area contributed by atoms with Gasteiger partial charge in [-0.1, -0.05) is 0 Å². The predicted molar refractivity (Wildman–Crippen MR) is 43.4 cm³/mol. The van der Waals surface area contributed by atoms with Crippen molar-refractivity contribution in [3.63, 3.8) is 0 Å². The Morgan fingerprint density at radius 1 is 1.50 bits per heavy atom. The average molecular weight is 171 g/mol. The molecule has 0 aliphatic carbocycles. The Bertz CT molecular complexity index is 214. The van der Waals surface area contributed by atoms with Gasteiger partial charge in [0, 0.05) is 0 Å². The van der Waals surface area contributed by atoms with E-state index >= 15 is 0 Å². The van der Waals surface area contributed by atoms with Crippen LogP contribution in [-0.2, 0) is 14.3 Å². The third-order valence-electron chi connectivity index (χ3n) is 1.17. The minimum Gasteiger partial charge on any atom is -0.461 e. The highest BCUT2D eigenvalue weighted by Crippen LogP contribution is 2.11. The summed E-state index contributed by atoms with van der Waals surface area (Å²) in [5.74, 6) is -0.513. The van der Waals surface area contributed by atoms with E-state index in [1.165, 1.54) is 19.9 Å². The van der Waals surface area contributed by atoms with Crippen molar-refractivity contribution in [1.82, 2.24) is 0 Å². The van der Waals surface area contributed by atoms with Gasteiger partial charge in [-0.25, -0.2) is 9.59 Å². The summed E-state index contributed by atoms with van der Waals surface area (Å²) in [6, 6.07) is 0. The number of rotatable bonds is 3. The summed E-state index contributed by atoms with van der Waals surface area (Å²) in [7, 11) is 0. The molecule has 0 bridgehead atoms. The third kappa shape index (κ3) is 3.30. The lowest BCUT2D eigenvalue weighted by Crippen LogP contribution is -2.33. The smallest absolute Gasteiger partial charge is 0.334 e. The number of nitrogens with zero attached hydrogens (tertiary/aromatic N) is 1. The van der Waals surface area contributed by atoms with E-state index in [0.717, 1.165) is 0 Å². The fourth-order valence-electron chi connectivity index (χ4n) is 0.518. The van der Waals surface area contributed by atoms with Crippen LogP contribution in [0, 0.1) is 0 Å². The Morgan fingerprint density at radius 3 is 2.33 bits per heavy atom. The van der Waals surface area contributed by atoms with Gasteiger partial charge in [0.2, 0.25) is 6.08 Å². The van der Waals surface area contributed by atoms with Gasteiger partial charge in [-0.05, 0) is 27.7 Å². The highest BCUT2D eigenvalue weighted by Gasteiger charge is 2.29. The SMILES string of the molecule is CC(C)OC(=O)C(C)(C)N=C=O. The van der Waals surface area contributed by atoms with Gasteiger partial charge in [-0.3, -0.25) is 0 Å². The van der Waals surface area contributed by atoms with Crippen molar-refractivity contribution < 1.29 is 14.3 Å². The number of hydrogen-bond acceptors (Lipinski definition) is 4. The van der Waals surface area contributed by atoms with Gasteiger partial charge in [0.15, 0.2) is 5.54 Å². The van der Waals surface area contributed by atoms with Crippen LogP contribution in [0.25, 0.3) is 0 Å². The molecule has 4 nitrogen and oxygen atoms in total. The zero-order chi connectivity index (χ0) is 9.78. The molecular weight excluding hydrogens is 158 g/mol. The highest BCUT2D eigenvalue weighted by molar-refractivity contribution is 5.81. The van der Waals surface area contributed by atoms with Crippen molar-refractivity contribution in [3.05, 3.63) is 0 Å². The molecule has 0 N–H and O–H groups in total. The van der Waals surface area contributed by atoms with Crippen molar-refractivity contribution >= 4 is 12.0 Å². The van der Waals surface area contributed by atoms with Crippen LogP contribution < -0.4 is 0 Å². The topological polar surface area (TPSA) is 55.7 Å². The second-order valence-electron chi connectivity index (χ2n) is 3.22. The van der Waals surface area contributed by atoms with Crippen LogP contribution in [0.1, 0.15) is 27.7 Å². The number of ether oxygens (including phenoxy) is 1. The first-order chi connectivity index (χ1) is 5.40. The van der Waals surface area contributed by atoms with Gasteiger partial charge in [0.1, 0.15) is 0 Å². The molecule has 0 rings (SSSR count). The summed E-state index contributed by atoms with van der Waals surface area (Å²) in [6.45, 7) is 6.47. The van der Waals surface area contributed by atoms with Gasteiger partial charge >= 0.3 is 5.97 Å². The molecule has 0 aliphatic heterocycles. The molecule has 0 spiro atoms. The first-order valence-corrected chi connectivity index (χ1v) is 3.70. The second-order valence-corrected chi connectivity index (χ2v) is 3.22. The summed E-state index contributed by atoms with van der Waals surface area (Å²) < 4.78 is 4.86. The lowest BCUT2D eigenvalue weighted by Gasteiger charge is -2.17. The normalized spacial score (nSPS) is 10.8. The Kier molecular flexibility index (Phi) is 3.64. The minimum atomic E-state index is -1.12. The molecule has 0 saturated heterocycles. The number of esters is 1. The van der Waals surface area contributed by atoms with E-state index < -0.39 is 11.5 Å². The molecule has 68 valence electrons. The zero-order valence-electron chi connectivity index (χ0n) is 7.75. The van der Waals surface area contributed by atoms with Crippen molar-refractivity contribution in [2.75, 3.05) is 0 Å². The quantitative estimate of drug-likeness (QED) is 0.362. The van der Waals surface area contributed by atoms with Crippen LogP contribution in [0.2, 0.25) is 0 Å². The van der Waals surface area contributed by atoms with Crippen LogP contribution in [0.4, 0.5) is 0 Å². The number of hydrogen-bond donors (Lipinski definition) is 0. The molecule has 0 radical (unpaired) electrons. The molecule has 0 amide bonds. The Balaban J connectivity index is 4.35. The molecule has 4 heteroatoms. The second kappa shape index (κ2) is 4.02. The van der Waals surface area contributed by atoms with E-state index in [1.54, 1.807) is 13.8 Å². The van der Waals surface area contributed by atoms with Crippen molar-refractivity contribution in [2.24, 2.45) is 4.99 Å². The number of carbonyl (C=O) groups is 1. The molecule has 0 unspecified atom stereocenters. The van der Waals surface area contributed by atoms with Gasteiger partial charge in [-0.15, -0.1) is 0 Å². The molecule has 0 heterocycles.